The second-order valence-electron chi connectivity index (χ2n) is 3.37. The zero-order valence-corrected chi connectivity index (χ0v) is 7.08. The number of aliphatic hydroxyl groups is 2. The Hall–Kier alpha value is -0.120. The van der Waals surface area contributed by atoms with Crippen LogP contribution in [-0.2, 0) is 4.74 Å². The van der Waals surface area contributed by atoms with Gasteiger partial charge in [-0.05, 0) is 26.7 Å². The summed E-state index contributed by atoms with van der Waals surface area (Å²) < 4.78 is 5.46. The van der Waals surface area contributed by atoms with Gasteiger partial charge in [0.05, 0.1) is 18.8 Å². The lowest BCUT2D eigenvalue weighted by atomic mass is 9.95. The molecular formula is C8H16O3. The van der Waals surface area contributed by atoms with Crippen molar-refractivity contribution in [2.24, 2.45) is 0 Å². The van der Waals surface area contributed by atoms with Crippen LogP contribution in [0.25, 0.3) is 0 Å². The summed E-state index contributed by atoms with van der Waals surface area (Å²) in [5.41, 5.74) is -0.681. The van der Waals surface area contributed by atoms with Crippen LogP contribution in [-0.4, -0.2) is 34.6 Å². The third kappa shape index (κ3) is 1.55. The molecule has 1 rings (SSSR count). The van der Waals surface area contributed by atoms with E-state index in [0.717, 1.165) is 12.8 Å². The fourth-order valence-corrected chi connectivity index (χ4v) is 1.52. The van der Waals surface area contributed by atoms with Gasteiger partial charge in [0, 0.05) is 0 Å². The van der Waals surface area contributed by atoms with Crippen molar-refractivity contribution >= 4 is 0 Å². The van der Waals surface area contributed by atoms with Crippen molar-refractivity contribution in [3.63, 3.8) is 0 Å². The lowest BCUT2D eigenvalue weighted by Gasteiger charge is -2.29. The predicted molar refractivity (Wildman–Crippen MR) is 41.3 cm³/mol. The summed E-state index contributed by atoms with van der Waals surface area (Å²) in [6.45, 7) is 3.53. The van der Waals surface area contributed by atoms with E-state index in [9.17, 15) is 5.11 Å². The maximum absolute atomic E-state index is 9.34. The summed E-state index contributed by atoms with van der Waals surface area (Å²) >= 11 is 0. The van der Waals surface area contributed by atoms with Crippen molar-refractivity contribution in [1.82, 2.24) is 0 Å². The molecule has 0 spiro atoms. The summed E-state index contributed by atoms with van der Waals surface area (Å²) in [6, 6.07) is 0. The monoisotopic (exact) mass is 160 g/mol. The van der Waals surface area contributed by atoms with Gasteiger partial charge in [0.2, 0.25) is 0 Å². The summed E-state index contributed by atoms with van der Waals surface area (Å²) in [5.74, 6) is 0. The van der Waals surface area contributed by atoms with E-state index >= 15 is 0 Å². The van der Waals surface area contributed by atoms with E-state index in [1.54, 1.807) is 6.92 Å². The average Bonchev–Trinajstić information content (AvgIpc) is 2.33. The molecule has 1 aliphatic rings. The van der Waals surface area contributed by atoms with E-state index in [1.807, 2.05) is 6.92 Å². The fourth-order valence-electron chi connectivity index (χ4n) is 1.52. The van der Waals surface area contributed by atoms with E-state index in [1.165, 1.54) is 0 Å². The Morgan fingerprint density at radius 2 is 2.36 bits per heavy atom. The van der Waals surface area contributed by atoms with E-state index in [4.69, 9.17) is 9.84 Å². The lowest BCUT2D eigenvalue weighted by Crippen LogP contribution is -2.44. The standard InChI is InChI=1S/C8H16O3/c1-6-3-4-8(5-9,11-6)7(2)10/h6-7,9-10H,3-5H2,1-2H3. The lowest BCUT2D eigenvalue weighted by molar-refractivity contribution is -0.129. The van der Waals surface area contributed by atoms with Crippen LogP contribution in [0.5, 0.6) is 0 Å². The van der Waals surface area contributed by atoms with E-state index in [-0.39, 0.29) is 12.7 Å². The molecule has 3 heteroatoms. The highest BCUT2D eigenvalue weighted by Crippen LogP contribution is 2.32. The molecule has 1 aliphatic heterocycles. The zero-order valence-electron chi connectivity index (χ0n) is 7.08. The van der Waals surface area contributed by atoms with Gasteiger partial charge in [0.1, 0.15) is 5.60 Å². The molecule has 0 aromatic heterocycles. The second kappa shape index (κ2) is 3.09. The molecule has 0 amide bonds. The molecule has 1 saturated heterocycles. The van der Waals surface area contributed by atoms with Crippen molar-refractivity contribution in [3.8, 4) is 0 Å². The second-order valence-corrected chi connectivity index (χ2v) is 3.37. The molecule has 0 radical (unpaired) electrons. The highest BCUT2D eigenvalue weighted by molar-refractivity contribution is 4.91. The van der Waals surface area contributed by atoms with Crippen LogP contribution >= 0.6 is 0 Å². The Kier molecular flexibility index (Phi) is 2.52. The quantitative estimate of drug-likeness (QED) is 0.610. The SMILES string of the molecule is CC1CCC(CO)(C(C)O)O1. The fraction of sp³-hybridized carbons (Fsp3) is 1.00. The molecule has 11 heavy (non-hydrogen) atoms. The highest BCUT2D eigenvalue weighted by Gasteiger charge is 2.42. The van der Waals surface area contributed by atoms with Crippen LogP contribution in [0.1, 0.15) is 26.7 Å². The van der Waals surface area contributed by atoms with E-state index < -0.39 is 11.7 Å². The van der Waals surface area contributed by atoms with Gasteiger partial charge in [-0.15, -0.1) is 0 Å². The van der Waals surface area contributed by atoms with Gasteiger partial charge in [0.15, 0.2) is 0 Å². The van der Waals surface area contributed by atoms with Gasteiger partial charge in [0.25, 0.3) is 0 Å². The van der Waals surface area contributed by atoms with E-state index in [0.29, 0.717) is 0 Å². The number of hydrogen-bond acceptors (Lipinski definition) is 3. The van der Waals surface area contributed by atoms with Crippen LogP contribution in [0.3, 0.4) is 0 Å². The Bertz CT molecular complexity index is 135. The molecular weight excluding hydrogens is 144 g/mol. The molecule has 0 aliphatic carbocycles. The Balaban J connectivity index is 2.62. The summed E-state index contributed by atoms with van der Waals surface area (Å²) in [4.78, 5) is 0. The van der Waals surface area contributed by atoms with Crippen molar-refractivity contribution in [2.45, 2.75) is 44.5 Å². The van der Waals surface area contributed by atoms with Gasteiger partial charge in [-0.2, -0.15) is 0 Å². The van der Waals surface area contributed by atoms with Crippen LogP contribution < -0.4 is 0 Å². The summed E-state index contributed by atoms with van der Waals surface area (Å²) in [7, 11) is 0. The average molecular weight is 160 g/mol. The molecule has 0 aromatic rings. The molecule has 1 heterocycles. The Labute approximate surface area is 67.0 Å². The normalized spacial score (nSPS) is 40.9. The largest absolute Gasteiger partial charge is 0.393 e. The highest BCUT2D eigenvalue weighted by atomic mass is 16.5. The summed E-state index contributed by atoms with van der Waals surface area (Å²) in [5, 5.41) is 18.4. The van der Waals surface area contributed by atoms with Gasteiger partial charge in [-0.3, -0.25) is 0 Å². The minimum absolute atomic E-state index is 0.0883. The van der Waals surface area contributed by atoms with Gasteiger partial charge < -0.3 is 14.9 Å². The van der Waals surface area contributed by atoms with E-state index in [2.05, 4.69) is 0 Å². The van der Waals surface area contributed by atoms with Gasteiger partial charge in [-0.1, -0.05) is 0 Å². The van der Waals surface area contributed by atoms with Crippen LogP contribution in [0.4, 0.5) is 0 Å². The topological polar surface area (TPSA) is 49.7 Å². The van der Waals surface area contributed by atoms with Gasteiger partial charge in [-0.25, -0.2) is 0 Å². The first-order valence-corrected chi connectivity index (χ1v) is 4.07. The molecule has 3 nitrogen and oxygen atoms in total. The zero-order chi connectivity index (χ0) is 8.48. The van der Waals surface area contributed by atoms with Crippen molar-refractivity contribution < 1.29 is 14.9 Å². The minimum Gasteiger partial charge on any atom is -0.393 e. The first-order chi connectivity index (χ1) is 5.10. The maximum atomic E-state index is 9.34. The first-order valence-electron chi connectivity index (χ1n) is 4.07. The number of ether oxygens (including phenoxy) is 1. The molecule has 3 unspecified atom stereocenters. The molecule has 66 valence electrons. The molecule has 3 atom stereocenters. The molecule has 1 fully saturated rings. The third-order valence-corrected chi connectivity index (χ3v) is 2.44. The minimum atomic E-state index is -0.681. The van der Waals surface area contributed by atoms with Crippen LogP contribution in [0.2, 0.25) is 0 Å². The maximum Gasteiger partial charge on any atom is 0.117 e. The van der Waals surface area contributed by atoms with Crippen LogP contribution in [0, 0.1) is 0 Å². The number of aliphatic hydroxyl groups excluding tert-OH is 2. The predicted octanol–water partition coefficient (Wildman–Crippen LogP) is 0.297. The Morgan fingerprint density at radius 3 is 2.55 bits per heavy atom. The van der Waals surface area contributed by atoms with Crippen molar-refractivity contribution in [2.75, 3.05) is 6.61 Å². The van der Waals surface area contributed by atoms with Crippen LogP contribution in [0.15, 0.2) is 0 Å². The smallest absolute Gasteiger partial charge is 0.117 e. The molecule has 0 aromatic carbocycles. The van der Waals surface area contributed by atoms with Crippen molar-refractivity contribution in [1.29, 1.82) is 0 Å². The Morgan fingerprint density at radius 1 is 1.73 bits per heavy atom. The molecule has 0 saturated carbocycles. The van der Waals surface area contributed by atoms with Crippen molar-refractivity contribution in [3.05, 3.63) is 0 Å². The number of hydrogen-bond donors (Lipinski definition) is 2. The number of rotatable bonds is 2. The first kappa shape index (κ1) is 8.97. The molecule has 0 bridgehead atoms. The summed E-state index contributed by atoms with van der Waals surface area (Å²) in [6.07, 6.45) is 1.25. The van der Waals surface area contributed by atoms with Gasteiger partial charge >= 0.3 is 0 Å². The third-order valence-electron chi connectivity index (χ3n) is 2.44. The molecule has 2 N–H and O–H groups in total.